The molecule has 114 valence electrons. The Balaban J connectivity index is 2.33. The topological polar surface area (TPSA) is 87.7 Å². The van der Waals surface area contributed by atoms with Gasteiger partial charge < -0.3 is 4.74 Å². The van der Waals surface area contributed by atoms with E-state index in [1.807, 2.05) is 25.5 Å². The first-order valence-corrected chi connectivity index (χ1v) is 6.97. The minimum atomic E-state index is -0.463. The third kappa shape index (κ3) is 3.09. The zero-order valence-corrected chi connectivity index (χ0v) is 12.8. The fourth-order valence-electron chi connectivity index (χ4n) is 2.15. The second kappa shape index (κ2) is 6.47. The number of hydrogen-bond acceptors (Lipinski definition) is 6. The van der Waals surface area contributed by atoms with Crippen LogP contribution in [0.25, 0.3) is 0 Å². The number of hydrogen-bond donors (Lipinski definition) is 0. The van der Waals surface area contributed by atoms with E-state index in [4.69, 9.17) is 4.74 Å². The first-order valence-electron chi connectivity index (χ1n) is 6.97. The Labute approximate surface area is 123 Å². The summed E-state index contributed by atoms with van der Waals surface area (Å²) in [7, 11) is 1.34. The molecule has 0 spiro atoms. The van der Waals surface area contributed by atoms with Gasteiger partial charge in [0.05, 0.1) is 12.8 Å². The van der Waals surface area contributed by atoms with Crippen LogP contribution in [0.15, 0.2) is 6.33 Å². The molecule has 0 N–H and O–H groups in total. The molecule has 0 aliphatic carbocycles. The van der Waals surface area contributed by atoms with Gasteiger partial charge in [-0.2, -0.15) is 5.10 Å². The summed E-state index contributed by atoms with van der Waals surface area (Å²) in [6.07, 6.45) is 3.11. The van der Waals surface area contributed by atoms with Crippen molar-refractivity contribution in [3.05, 3.63) is 23.5 Å². The second-order valence-corrected chi connectivity index (χ2v) is 5.00. The lowest BCUT2D eigenvalue weighted by Gasteiger charge is -2.10. The third-order valence-electron chi connectivity index (χ3n) is 3.13. The first-order chi connectivity index (χ1) is 10.1. The van der Waals surface area contributed by atoms with Crippen LogP contribution in [0.1, 0.15) is 55.2 Å². The number of carbonyl (C=O) groups is 1. The van der Waals surface area contributed by atoms with E-state index in [2.05, 4.69) is 20.4 Å². The summed E-state index contributed by atoms with van der Waals surface area (Å²) in [4.78, 5) is 16.0. The van der Waals surface area contributed by atoms with E-state index in [9.17, 15) is 4.79 Å². The summed E-state index contributed by atoms with van der Waals surface area (Å²) in [6.45, 7) is 6.53. The molecule has 0 aromatic carbocycles. The van der Waals surface area contributed by atoms with E-state index < -0.39 is 5.97 Å². The van der Waals surface area contributed by atoms with E-state index >= 15 is 0 Å². The minimum Gasteiger partial charge on any atom is -0.464 e. The lowest BCUT2D eigenvalue weighted by Crippen LogP contribution is -2.15. The van der Waals surface area contributed by atoms with Gasteiger partial charge in [0, 0.05) is 6.04 Å². The van der Waals surface area contributed by atoms with E-state index in [1.54, 1.807) is 4.68 Å². The predicted molar refractivity (Wildman–Crippen MR) is 74.9 cm³/mol. The highest BCUT2D eigenvalue weighted by atomic mass is 16.5. The van der Waals surface area contributed by atoms with Gasteiger partial charge in [-0.15, -0.1) is 5.10 Å². The smallest absolute Gasteiger partial charge is 0.360 e. The molecular formula is C13H20N6O2. The molecule has 0 bridgehead atoms. The maximum absolute atomic E-state index is 11.7. The number of ether oxygens (including phenoxy) is 1. The monoisotopic (exact) mass is 292 g/mol. The third-order valence-corrected chi connectivity index (χ3v) is 3.13. The van der Waals surface area contributed by atoms with Gasteiger partial charge in [-0.3, -0.25) is 0 Å². The fraction of sp³-hybridized carbons (Fsp3) is 0.615. The average Bonchev–Trinajstić information content (AvgIpc) is 3.07. The van der Waals surface area contributed by atoms with Crippen molar-refractivity contribution in [3.8, 4) is 0 Å². The zero-order valence-electron chi connectivity index (χ0n) is 12.8. The second-order valence-electron chi connectivity index (χ2n) is 5.00. The maximum Gasteiger partial charge on any atom is 0.360 e. The Kier molecular flexibility index (Phi) is 4.66. The highest BCUT2D eigenvalue weighted by molar-refractivity contribution is 5.88. The molecule has 0 saturated heterocycles. The molecule has 21 heavy (non-hydrogen) atoms. The molecule has 8 heteroatoms. The summed E-state index contributed by atoms with van der Waals surface area (Å²) < 4.78 is 8.27. The van der Waals surface area contributed by atoms with Gasteiger partial charge in [0.2, 0.25) is 0 Å². The predicted octanol–water partition coefficient (Wildman–Crippen LogP) is 1.24. The van der Waals surface area contributed by atoms with Crippen LogP contribution in [0.3, 0.4) is 0 Å². The van der Waals surface area contributed by atoms with Crippen LogP contribution in [0.4, 0.5) is 0 Å². The van der Waals surface area contributed by atoms with Gasteiger partial charge in [0.25, 0.3) is 0 Å². The summed E-state index contributed by atoms with van der Waals surface area (Å²) in [6, 6.07) is 0.209. The lowest BCUT2D eigenvalue weighted by molar-refractivity contribution is 0.0592. The van der Waals surface area contributed by atoms with Crippen LogP contribution >= 0.6 is 0 Å². The Morgan fingerprint density at radius 1 is 1.43 bits per heavy atom. The lowest BCUT2D eigenvalue weighted by atomic mass is 10.2. The molecule has 2 rings (SSSR count). The highest BCUT2D eigenvalue weighted by Crippen LogP contribution is 2.13. The summed E-state index contributed by atoms with van der Waals surface area (Å²) >= 11 is 0. The molecule has 2 aromatic rings. The molecule has 0 atom stereocenters. The van der Waals surface area contributed by atoms with Crippen molar-refractivity contribution in [2.75, 3.05) is 7.11 Å². The molecule has 2 heterocycles. The molecular weight excluding hydrogens is 272 g/mol. The van der Waals surface area contributed by atoms with Crippen molar-refractivity contribution in [1.29, 1.82) is 0 Å². The van der Waals surface area contributed by atoms with Crippen molar-refractivity contribution in [3.63, 3.8) is 0 Å². The molecule has 0 radical (unpaired) electrons. The maximum atomic E-state index is 11.7. The van der Waals surface area contributed by atoms with Crippen molar-refractivity contribution in [1.82, 2.24) is 29.8 Å². The van der Waals surface area contributed by atoms with Crippen LogP contribution in [0.5, 0.6) is 0 Å². The number of carbonyl (C=O) groups excluding carboxylic acids is 1. The Bertz CT molecular complexity index is 616. The van der Waals surface area contributed by atoms with Crippen molar-refractivity contribution >= 4 is 5.97 Å². The average molecular weight is 292 g/mol. The van der Waals surface area contributed by atoms with Gasteiger partial charge in [-0.05, 0) is 20.3 Å². The summed E-state index contributed by atoms with van der Waals surface area (Å²) in [5, 5.41) is 12.2. The van der Waals surface area contributed by atoms with Crippen LogP contribution in [-0.2, 0) is 17.7 Å². The van der Waals surface area contributed by atoms with E-state index in [0.29, 0.717) is 13.0 Å². The van der Waals surface area contributed by atoms with Crippen molar-refractivity contribution < 1.29 is 9.53 Å². The van der Waals surface area contributed by atoms with Crippen molar-refractivity contribution in [2.24, 2.45) is 0 Å². The number of aromatic nitrogens is 6. The molecule has 2 aromatic heterocycles. The Hall–Kier alpha value is -2.25. The summed E-state index contributed by atoms with van der Waals surface area (Å²) in [5.74, 6) is 0.318. The molecule has 0 aliphatic heterocycles. The summed E-state index contributed by atoms with van der Waals surface area (Å²) in [5.41, 5.74) is 1.04. The SMILES string of the molecule is CCCc1c(C(=O)OC)nnn1Cc1ncnn1C(C)C. The van der Waals surface area contributed by atoms with Crippen LogP contribution in [0.2, 0.25) is 0 Å². The van der Waals surface area contributed by atoms with E-state index in [0.717, 1.165) is 17.9 Å². The van der Waals surface area contributed by atoms with Gasteiger partial charge in [0.1, 0.15) is 18.7 Å². The van der Waals surface area contributed by atoms with E-state index in [1.165, 1.54) is 13.4 Å². The zero-order chi connectivity index (χ0) is 15.4. The Morgan fingerprint density at radius 2 is 2.19 bits per heavy atom. The molecule has 0 amide bonds. The van der Waals surface area contributed by atoms with Crippen LogP contribution in [-0.4, -0.2) is 42.8 Å². The molecule has 0 saturated carbocycles. The van der Waals surface area contributed by atoms with Gasteiger partial charge in [-0.1, -0.05) is 18.6 Å². The molecule has 8 nitrogen and oxygen atoms in total. The molecule has 0 aliphatic rings. The quantitative estimate of drug-likeness (QED) is 0.744. The largest absolute Gasteiger partial charge is 0.464 e. The number of rotatable bonds is 6. The fourth-order valence-corrected chi connectivity index (χ4v) is 2.15. The standard InChI is InChI=1S/C13H20N6O2/c1-5-6-10-12(13(20)21-4)16-17-18(10)7-11-14-8-15-19(11)9(2)3/h8-9H,5-7H2,1-4H3. The van der Waals surface area contributed by atoms with Crippen LogP contribution < -0.4 is 0 Å². The molecule has 0 unspecified atom stereocenters. The highest BCUT2D eigenvalue weighted by Gasteiger charge is 2.21. The van der Waals surface area contributed by atoms with Crippen molar-refractivity contribution in [2.45, 2.75) is 46.2 Å². The Morgan fingerprint density at radius 3 is 2.81 bits per heavy atom. The first kappa shape index (κ1) is 15.1. The molecule has 0 fully saturated rings. The minimum absolute atomic E-state index is 0.209. The number of methoxy groups -OCH3 is 1. The van der Waals surface area contributed by atoms with Gasteiger partial charge >= 0.3 is 5.97 Å². The van der Waals surface area contributed by atoms with Gasteiger partial charge in [-0.25, -0.2) is 19.1 Å². The van der Waals surface area contributed by atoms with Gasteiger partial charge in [0.15, 0.2) is 5.69 Å². The van der Waals surface area contributed by atoms with Crippen LogP contribution in [0, 0.1) is 0 Å². The number of esters is 1. The normalized spacial score (nSPS) is 11.1. The number of nitrogens with zero attached hydrogens (tertiary/aromatic N) is 6. The van der Waals surface area contributed by atoms with E-state index in [-0.39, 0.29) is 11.7 Å².